The lowest BCUT2D eigenvalue weighted by Crippen LogP contribution is -2.15. The van der Waals surface area contributed by atoms with Crippen LogP contribution in [0.5, 0.6) is 0 Å². The van der Waals surface area contributed by atoms with E-state index in [1.54, 1.807) is 6.92 Å². The third kappa shape index (κ3) is 2.96. The van der Waals surface area contributed by atoms with Crippen LogP contribution in [-0.2, 0) is 6.54 Å². The van der Waals surface area contributed by atoms with E-state index in [1.807, 2.05) is 0 Å². The van der Waals surface area contributed by atoms with Crippen LogP contribution in [0.2, 0.25) is 5.02 Å². The van der Waals surface area contributed by atoms with Gasteiger partial charge in [-0.1, -0.05) is 11.6 Å². The molecule has 1 aromatic rings. The minimum absolute atomic E-state index is 0.208. The van der Waals surface area contributed by atoms with Crippen molar-refractivity contribution in [2.75, 3.05) is 0 Å². The second-order valence-electron chi connectivity index (χ2n) is 2.82. The summed E-state index contributed by atoms with van der Waals surface area (Å²) in [4.78, 5) is 10.2. The highest BCUT2D eigenvalue weighted by Gasteiger charge is 2.06. The highest BCUT2D eigenvalue weighted by Crippen LogP contribution is 2.20. The van der Waals surface area contributed by atoms with E-state index >= 15 is 0 Å². The Morgan fingerprint density at radius 3 is 2.86 bits per heavy atom. The molecule has 0 saturated carbocycles. The molecule has 0 aliphatic heterocycles. The van der Waals surface area contributed by atoms with Crippen LogP contribution < -0.4 is 5.32 Å². The quantitative estimate of drug-likeness (QED) is 0.653. The van der Waals surface area contributed by atoms with Gasteiger partial charge in [-0.2, -0.15) is 0 Å². The van der Waals surface area contributed by atoms with E-state index in [2.05, 4.69) is 21.2 Å². The molecular weight excluding hydrogens is 272 g/mol. The molecule has 14 heavy (non-hydrogen) atoms. The van der Waals surface area contributed by atoms with Gasteiger partial charge in [0.15, 0.2) is 0 Å². The maximum absolute atomic E-state index is 13.1. The fraction of sp³-hybridized carbons (Fsp3) is 0.222. The second kappa shape index (κ2) is 4.75. The van der Waals surface area contributed by atoms with Gasteiger partial charge < -0.3 is 5.32 Å². The first kappa shape index (κ1) is 11.5. The summed E-state index contributed by atoms with van der Waals surface area (Å²) in [5.74, 6) is -0.326. The van der Waals surface area contributed by atoms with Gasteiger partial charge in [-0.3, -0.25) is 4.79 Å². The molecule has 0 heterocycles. The highest BCUT2D eigenvalue weighted by atomic mass is 79.9. The van der Waals surface area contributed by atoms with Crippen LogP contribution in [0.4, 0.5) is 9.18 Å². The maximum Gasteiger partial charge on any atom is 0.287 e. The first-order valence-corrected chi connectivity index (χ1v) is 5.05. The van der Waals surface area contributed by atoms with Gasteiger partial charge in [-0.25, -0.2) is 4.39 Å². The molecule has 0 radical (unpaired) electrons. The first-order chi connectivity index (χ1) is 6.50. The first-order valence-electron chi connectivity index (χ1n) is 3.88. The predicted octanol–water partition coefficient (Wildman–Crippen LogP) is 3.39. The van der Waals surface area contributed by atoms with Crippen LogP contribution >= 0.6 is 27.5 Å². The third-order valence-corrected chi connectivity index (χ3v) is 2.38. The molecule has 0 saturated heterocycles. The molecule has 76 valence electrons. The third-order valence-electron chi connectivity index (χ3n) is 1.75. The lowest BCUT2D eigenvalue weighted by molar-refractivity contribution is 0.261. The fourth-order valence-electron chi connectivity index (χ4n) is 0.988. The lowest BCUT2D eigenvalue weighted by Gasteiger charge is -2.06. The molecule has 0 unspecified atom stereocenters. The summed E-state index contributed by atoms with van der Waals surface area (Å²) < 4.78 is 13.1. The Morgan fingerprint density at radius 2 is 2.29 bits per heavy atom. The number of nitrogens with one attached hydrogen (secondary N) is 1. The minimum atomic E-state index is -0.352. The average molecular weight is 281 g/mol. The molecule has 0 atom stereocenters. The number of amides is 1. The molecular formula is C9H8BrClFNO. The van der Waals surface area contributed by atoms with Crippen molar-refractivity contribution in [1.29, 1.82) is 0 Å². The molecule has 1 N–H and O–H groups in total. The van der Waals surface area contributed by atoms with E-state index in [0.717, 1.165) is 0 Å². The van der Waals surface area contributed by atoms with Gasteiger partial charge in [-0.05, 0) is 30.2 Å². The Hall–Kier alpha value is -0.610. The van der Waals surface area contributed by atoms with Gasteiger partial charge in [0.1, 0.15) is 5.82 Å². The van der Waals surface area contributed by atoms with Crippen LogP contribution in [-0.4, -0.2) is 4.82 Å². The van der Waals surface area contributed by atoms with Crippen molar-refractivity contribution >= 4 is 32.3 Å². The van der Waals surface area contributed by atoms with Crippen LogP contribution in [0.1, 0.15) is 11.1 Å². The molecule has 0 bridgehead atoms. The van der Waals surface area contributed by atoms with E-state index < -0.39 is 0 Å². The van der Waals surface area contributed by atoms with Gasteiger partial charge in [-0.15, -0.1) is 0 Å². The molecule has 1 rings (SSSR count). The Balaban J connectivity index is 2.87. The number of benzene rings is 1. The molecule has 0 aromatic heterocycles. The van der Waals surface area contributed by atoms with E-state index in [4.69, 9.17) is 11.6 Å². The molecule has 2 nitrogen and oxygen atoms in total. The molecule has 0 spiro atoms. The number of carbonyl (C=O) groups excluding carboxylic acids is 1. The van der Waals surface area contributed by atoms with Crippen molar-refractivity contribution in [3.8, 4) is 0 Å². The highest BCUT2D eigenvalue weighted by molar-refractivity contribution is 9.18. The van der Waals surface area contributed by atoms with Gasteiger partial charge >= 0.3 is 0 Å². The molecule has 1 amide bonds. The summed E-state index contributed by atoms with van der Waals surface area (Å²) in [6.07, 6.45) is 0. The average Bonchev–Trinajstić information content (AvgIpc) is 2.09. The molecule has 0 aliphatic carbocycles. The van der Waals surface area contributed by atoms with E-state index in [1.165, 1.54) is 12.1 Å². The Morgan fingerprint density at radius 1 is 1.64 bits per heavy atom. The van der Waals surface area contributed by atoms with Crippen molar-refractivity contribution in [2.24, 2.45) is 0 Å². The zero-order valence-electron chi connectivity index (χ0n) is 7.40. The summed E-state index contributed by atoms with van der Waals surface area (Å²) in [6, 6.07) is 2.85. The summed E-state index contributed by atoms with van der Waals surface area (Å²) in [5, 5.41) is 2.93. The number of hydrogen-bond acceptors (Lipinski definition) is 1. The van der Waals surface area contributed by atoms with Crippen molar-refractivity contribution in [3.05, 3.63) is 34.1 Å². The van der Waals surface area contributed by atoms with E-state index in [0.29, 0.717) is 16.1 Å². The van der Waals surface area contributed by atoms with Crippen molar-refractivity contribution in [2.45, 2.75) is 13.5 Å². The van der Waals surface area contributed by atoms with Crippen molar-refractivity contribution in [1.82, 2.24) is 5.32 Å². The predicted molar refractivity (Wildman–Crippen MR) is 57.3 cm³/mol. The van der Waals surface area contributed by atoms with Gasteiger partial charge in [0.05, 0.1) is 0 Å². The molecule has 0 aliphatic rings. The normalized spacial score (nSPS) is 10.0. The van der Waals surface area contributed by atoms with Gasteiger partial charge in [0.2, 0.25) is 0 Å². The Labute approximate surface area is 94.6 Å². The van der Waals surface area contributed by atoms with Gasteiger partial charge in [0, 0.05) is 27.5 Å². The maximum atomic E-state index is 13.1. The zero-order chi connectivity index (χ0) is 10.7. The van der Waals surface area contributed by atoms with Gasteiger partial charge in [0.25, 0.3) is 4.82 Å². The summed E-state index contributed by atoms with van der Waals surface area (Å²) in [7, 11) is 0. The summed E-state index contributed by atoms with van der Waals surface area (Å²) in [6.45, 7) is 1.84. The van der Waals surface area contributed by atoms with Crippen LogP contribution in [0, 0.1) is 12.7 Å². The molecule has 1 aromatic carbocycles. The van der Waals surface area contributed by atoms with Crippen molar-refractivity contribution < 1.29 is 9.18 Å². The SMILES string of the molecule is Cc1cc(Cl)c(CNC(=O)Br)cc1F. The number of hydrogen-bond donors (Lipinski definition) is 1. The number of rotatable bonds is 2. The van der Waals surface area contributed by atoms with Crippen molar-refractivity contribution in [3.63, 3.8) is 0 Å². The molecule has 0 fully saturated rings. The summed E-state index contributed by atoms with van der Waals surface area (Å²) in [5.41, 5.74) is 1.05. The Bertz CT molecular complexity index is 370. The zero-order valence-corrected chi connectivity index (χ0v) is 9.75. The topological polar surface area (TPSA) is 29.1 Å². The number of aryl methyl sites for hydroxylation is 1. The lowest BCUT2D eigenvalue weighted by atomic mass is 10.1. The monoisotopic (exact) mass is 279 g/mol. The van der Waals surface area contributed by atoms with E-state index in [9.17, 15) is 9.18 Å². The van der Waals surface area contributed by atoms with Crippen LogP contribution in [0.15, 0.2) is 12.1 Å². The largest absolute Gasteiger partial charge is 0.342 e. The number of halogens is 3. The summed E-state index contributed by atoms with van der Waals surface area (Å²) >= 11 is 8.55. The van der Waals surface area contributed by atoms with E-state index in [-0.39, 0.29) is 17.2 Å². The fourth-order valence-corrected chi connectivity index (χ4v) is 1.41. The second-order valence-corrected chi connectivity index (χ2v) is 3.95. The van der Waals surface area contributed by atoms with Crippen LogP contribution in [0.25, 0.3) is 0 Å². The standard InChI is InChI=1S/C9H8BrClFNO/c1-5-2-7(11)6(3-8(5)12)4-13-9(10)14/h2-3H,4H2,1H3,(H,13,14). The number of carbonyl (C=O) groups is 1. The molecule has 5 heteroatoms. The Kier molecular flexibility index (Phi) is 3.89. The minimum Gasteiger partial charge on any atom is -0.342 e. The van der Waals surface area contributed by atoms with Crippen LogP contribution in [0.3, 0.4) is 0 Å². The smallest absolute Gasteiger partial charge is 0.287 e.